The number of nitrogens with two attached hydrogens (primary N) is 1. The lowest BCUT2D eigenvalue weighted by Crippen LogP contribution is -2.14. The summed E-state index contributed by atoms with van der Waals surface area (Å²) in [5.41, 5.74) is 8.10. The number of carbonyl (C=O) groups is 1. The Morgan fingerprint density at radius 2 is 2.06 bits per heavy atom. The molecule has 0 fully saturated rings. The van der Waals surface area contributed by atoms with Gasteiger partial charge in [0.05, 0.1) is 11.3 Å². The molecule has 0 aliphatic carbocycles. The van der Waals surface area contributed by atoms with E-state index in [0.29, 0.717) is 16.4 Å². The molecule has 0 unspecified atom stereocenters. The van der Waals surface area contributed by atoms with E-state index in [0.717, 1.165) is 11.3 Å². The number of primary amides is 1. The maximum absolute atomic E-state index is 11.3. The first-order valence-electron chi connectivity index (χ1n) is 5.36. The van der Waals surface area contributed by atoms with Crippen molar-refractivity contribution in [1.82, 2.24) is 4.98 Å². The zero-order valence-electron chi connectivity index (χ0n) is 9.77. The Bertz CT molecular complexity index is 599. The van der Waals surface area contributed by atoms with Crippen molar-refractivity contribution in [2.45, 2.75) is 6.92 Å². The Morgan fingerprint density at radius 3 is 2.72 bits per heavy atom. The van der Waals surface area contributed by atoms with Crippen LogP contribution in [0.4, 0.5) is 11.4 Å². The van der Waals surface area contributed by atoms with E-state index in [2.05, 4.69) is 10.3 Å². The summed E-state index contributed by atoms with van der Waals surface area (Å²) < 4.78 is 0. The SMILES string of the molecule is Cc1ccccc1Nc1cc(Cl)ncc1C(N)=O. The van der Waals surface area contributed by atoms with Gasteiger partial charge in [0, 0.05) is 11.9 Å². The van der Waals surface area contributed by atoms with Crippen LogP contribution in [-0.2, 0) is 0 Å². The summed E-state index contributed by atoms with van der Waals surface area (Å²) in [5, 5.41) is 3.44. The van der Waals surface area contributed by atoms with Gasteiger partial charge >= 0.3 is 0 Å². The third-order valence-electron chi connectivity index (χ3n) is 2.55. The fourth-order valence-electron chi connectivity index (χ4n) is 1.59. The molecule has 2 aromatic rings. The summed E-state index contributed by atoms with van der Waals surface area (Å²) in [6.07, 6.45) is 1.37. The van der Waals surface area contributed by atoms with Crippen LogP contribution in [0.2, 0.25) is 5.15 Å². The van der Waals surface area contributed by atoms with Crippen LogP contribution in [0.1, 0.15) is 15.9 Å². The molecule has 18 heavy (non-hydrogen) atoms. The average Bonchev–Trinajstić information content (AvgIpc) is 2.32. The number of hydrogen-bond acceptors (Lipinski definition) is 3. The molecule has 2 rings (SSSR count). The van der Waals surface area contributed by atoms with E-state index >= 15 is 0 Å². The van der Waals surface area contributed by atoms with Crippen molar-refractivity contribution in [3.63, 3.8) is 0 Å². The van der Waals surface area contributed by atoms with Crippen molar-refractivity contribution >= 4 is 28.9 Å². The monoisotopic (exact) mass is 261 g/mol. The first-order valence-corrected chi connectivity index (χ1v) is 5.73. The third-order valence-corrected chi connectivity index (χ3v) is 2.76. The molecular formula is C13H12ClN3O. The predicted octanol–water partition coefficient (Wildman–Crippen LogP) is 2.89. The van der Waals surface area contributed by atoms with Crippen LogP contribution in [0.15, 0.2) is 36.5 Å². The van der Waals surface area contributed by atoms with E-state index in [9.17, 15) is 4.79 Å². The fraction of sp³-hybridized carbons (Fsp3) is 0.0769. The minimum absolute atomic E-state index is 0.302. The quantitative estimate of drug-likeness (QED) is 0.835. The summed E-state index contributed by atoms with van der Waals surface area (Å²) in [5.74, 6) is -0.546. The lowest BCUT2D eigenvalue weighted by molar-refractivity contribution is 0.100. The first kappa shape index (κ1) is 12.4. The van der Waals surface area contributed by atoms with Crippen molar-refractivity contribution in [2.75, 3.05) is 5.32 Å². The zero-order valence-corrected chi connectivity index (χ0v) is 10.5. The van der Waals surface area contributed by atoms with Crippen LogP contribution >= 0.6 is 11.6 Å². The molecule has 0 saturated heterocycles. The maximum Gasteiger partial charge on any atom is 0.252 e. The average molecular weight is 262 g/mol. The van der Waals surface area contributed by atoms with Crippen molar-refractivity contribution in [3.05, 3.63) is 52.8 Å². The zero-order chi connectivity index (χ0) is 13.1. The van der Waals surface area contributed by atoms with Crippen molar-refractivity contribution in [2.24, 2.45) is 5.73 Å². The molecule has 0 spiro atoms. The van der Waals surface area contributed by atoms with Crippen molar-refractivity contribution in [1.29, 1.82) is 0 Å². The summed E-state index contributed by atoms with van der Waals surface area (Å²) >= 11 is 5.82. The van der Waals surface area contributed by atoms with E-state index in [4.69, 9.17) is 17.3 Å². The number of halogens is 1. The molecule has 0 aliphatic heterocycles. The van der Waals surface area contributed by atoms with E-state index in [-0.39, 0.29) is 0 Å². The van der Waals surface area contributed by atoms with Crippen molar-refractivity contribution in [3.8, 4) is 0 Å². The molecule has 1 aromatic carbocycles. The van der Waals surface area contributed by atoms with E-state index in [1.54, 1.807) is 6.07 Å². The molecule has 0 saturated carbocycles. The number of carbonyl (C=O) groups excluding carboxylic acids is 1. The van der Waals surface area contributed by atoms with Crippen LogP contribution in [0, 0.1) is 6.92 Å². The first-order chi connectivity index (χ1) is 8.58. The number of hydrogen-bond donors (Lipinski definition) is 2. The van der Waals surface area contributed by atoms with Gasteiger partial charge in [-0.25, -0.2) is 4.98 Å². The Morgan fingerprint density at radius 1 is 1.33 bits per heavy atom. The Hall–Kier alpha value is -2.07. The lowest BCUT2D eigenvalue weighted by atomic mass is 10.1. The van der Waals surface area contributed by atoms with Crippen LogP contribution < -0.4 is 11.1 Å². The second-order valence-corrected chi connectivity index (χ2v) is 4.24. The van der Waals surface area contributed by atoms with Gasteiger partial charge in [0.15, 0.2) is 0 Å². The molecule has 1 heterocycles. The number of amides is 1. The number of aryl methyl sites for hydroxylation is 1. The molecule has 0 radical (unpaired) electrons. The molecule has 1 amide bonds. The van der Waals surface area contributed by atoms with Crippen molar-refractivity contribution < 1.29 is 4.79 Å². The molecular weight excluding hydrogens is 250 g/mol. The molecule has 5 heteroatoms. The second kappa shape index (κ2) is 5.06. The number of nitrogens with zero attached hydrogens (tertiary/aromatic N) is 1. The maximum atomic E-state index is 11.3. The Balaban J connectivity index is 2.42. The topological polar surface area (TPSA) is 68.0 Å². The van der Waals surface area contributed by atoms with Gasteiger partial charge in [-0.1, -0.05) is 29.8 Å². The number of rotatable bonds is 3. The van der Waals surface area contributed by atoms with Crippen LogP contribution in [0.25, 0.3) is 0 Å². The molecule has 92 valence electrons. The molecule has 3 N–H and O–H groups in total. The summed E-state index contributed by atoms with van der Waals surface area (Å²) in [6.45, 7) is 1.97. The number of pyridine rings is 1. The Labute approximate surface area is 110 Å². The van der Waals surface area contributed by atoms with Gasteiger partial charge in [0.25, 0.3) is 5.91 Å². The highest BCUT2D eigenvalue weighted by Crippen LogP contribution is 2.24. The minimum atomic E-state index is -0.546. The number of anilines is 2. The van der Waals surface area contributed by atoms with Crippen LogP contribution in [0.5, 0.6) is 0 Å². The van der Waals surface area contributed by atoms with Gasteiger partial charge in [-0.05, 0) is 24.6 Å². The standard InChI is InChI=1S/C13H12ClN3O/c1-8-4-2-3-5-10(8)17-11-6-12(14)16-7-9(11)13(15)18/h2-7H,1H3,(H2,15,18)(H,16,17). The lowest BCUT2D eigenvalue weighted by Gasteiger charge is -2.12. The summed E-state index contributed by atoms with van der Waals surface area (Å²) in [6, 6.07) is 9.30. The van der Waals surface area contributed by atoms with Crippen LogP contribution in [0.3, 0.4) is 0 Å². The highest BCUT2D eigenvalue weighted by molar-refractivity contribution is 6.29. The second-order valence-electron chi connectivity index (χ2n) is 3.86. The highest BCUT2D eigenvalue weighted by Gasteiger charge is 2.10. The number of aromatic nitrogens is 1. The largest absolute Gasteiger partial charge is 0.365 e. The Kier molecular flexibility index (Phi) is 3.48. The smallest absolute Gasteiger partial charge is 0.252 e. The number of benzene rings is 1. The van der Waals surface area contributed by atoms with E-state index < -0.39 is 5.91 Å². The normalized spacial score (nSPS) is 10.1. The van der Waals surface area contributed by atoms with Gasteiger partial charge in [-0.2, -0.15) is 0 Å². The number of nitrogens with one attached hydrogen (secondary N) is 1. The number of para-hydroxylation sites is 1. The van der Waals surface area contributed by atoms with Gasteiger partial charge < -0.3 is 11.1 Å². The summed E-state index contributed by atoms with van der Waals surface area (Å²) in [7, 11) is 0. The predicted molar refractivity (Wildman–Crippen MR) is 72.2 cm³/mol. The molecule has 1 aromatic heterocycles. The summed E-state index contributed by atoms with van der Waals surface area (Å²) in [4.78, 5) is 15.2. The third kappa shape index (κ3) is 2.60. The van der Waals surface area contributed by atoms with E-state index in [1.165, 1.54) is 6.20 Å². The molecule has 0 atom stereocenters. The van der Waals surface area contributed by atoms with Gasteiger partial charge in [0.1, 0.15) is 5.15 Å². The van der Waals surface area contributed by atoms with Gasteiger partial charge in [0.2, 0.25) is 0 Å². The highest BCUT2D eigenvalue weighted by atomic mass is 35.5. The minimum Gasteiger partial charge on any atom is -0.365 e. The molecule has 4 nitrogen and oxygen atoms in total. The van der Waals surface area contributed by atoms with E-state index in [1.807, 2.05) is 31.2 Å². The van der Waals surface area contributed by atoms with Crippen LogP contribution in [-0.4, -0.2) is 10.9 Å². The van der Waals surface area contributed by atoms with Gasteiger partial charge in [-0.15, -0.1) is 0 Å². The molecule has 0 bridgehead atoms. The molecule has 0 aliphatic rings. The fourth-order valence-corrected chi connectivity index (χ4v) is 1.75. The van der Waals surface area contributed by atoms with Gasteiger partial charge in [-0.3, -0.25) is 4.79 Å².